The van der Waals surface area contributed by atoms with Gasteiger partial charge in [-0.15, -0.1) is 0 Å². The Morgan fingerprint density at radius 3 is 2.94 bits per heavy atom. The van der Waals surface area contributed by atoms with E-state index in [1.165, 1.54) is 0 Å². The van der Waals surface area contributed by atoms with Crippen LogP contribution in [0.4, 0.5) is 5.69 Å². The minimum Gasteiger partial charge on any atom is -0.380 e. The van der Waals surface area contributed by atoms with E-state index in [-0.39, 0.29) is 0 Å². The highest BCUT2D eigenvalue weighted by Crippen LogP contribution is 2.21. The zero-order valence-corrected chi connectivity index (χ0v) is 11.2. The first kappa shape index (κ1) is 13.2. The molecule has 0 spiro atoms. The summed E-state index contributed by atoms with van der Waals surface area (Å²) in [6, 6.07) is 0. The van der Waals surface area contributed by atoms with Gasteiger partial charge >= 0.3 is 0 Å². The molecule has 100 valence electrons. The fraction of sp³-hybridized carbons (Fsp3) is 0.692. The van der Waals surface area contributed by atoms with Gasteiger partial charge in [0.25, 0.3) is 0 Å². The minimum atomic E-state index is 0.330. The molecule has 0 atom stereocenters. The molecule has 0 unspecified atom stereocenters. The summed E-state index contributed by atoms with van der Waals surface area (Å²) < 4.78 is 5.47. The average Bonchev–Trinajstić information content (AvgIpc) is 2.66. The van der Waals surface area contributed by atoms with Gasteiger partial charge in [0.2, 0.25) is 0 Å². The molecule has 1 fully saturated rings. The summed E-state index contributed by atoms with van der Waals surface area (Å²) in [4.78, 5) is 11.3. The predicted molar refractivity (Wildman–Crippen MR) is 71.7 cm³/mol. The molecule has 0 radical (unpaired) electrons. The van der Waals surface area contributed by atoms with E-state index in [9.17, 15) is 0 Å². The van der Waals surface area contributed by atoms with E-state index in [1.54, 1.807) is 0 Å². The van der Waals surface area contributed by atoms with Crippen LogP contribution in [0.5, 0.6) is 0 Å². The third-order valence-electron chi connectivity index (χ3n) is 3.14. The van der Waals surface area contributed by atoms with Gasteiger partial charge in [0.15, 0.2) is 0 Å². The first-order valence-corrected chi connectivity index (χ1v) is 6.61. The van der Waals surface area contributed by atoms with Crippen molar-refractivity contribution in [2.45, 2.75) is 32.7 Å². The Bertz CT molecular complexity index is 387. The SMILES string of the molecule is CC(C)c1ncc(N2CCCOCC2)c(CN)n1. The first-order chi connectivity index (χ1) is 8.72. The van der Waals surface area contributed by atoms with Crippen LogP contribution in [0.3, 0.4) is 0 Å². The van der Waals surface area contributed by atoms with Crippen LogP contribution in [0.25, 0.3) is 0 Å². The molecule has 0 saturated carbocycles. The van der Waals surface area contributed by atoms with Crippen LogP contribution < -0.4 is 10.6 Å². The fourth-order valence-corrected chi connectivity index (χ4v) is 2.11. The fourth-order valence-electron chi connectivity index (χ4n) is 2.11. The van der Waals surface area contributed by atoms with E-state index >= 15 is 0 Å². The molecule has 18 heavy (non-hydrogen) atoms. The molecule has 0 aromatic carbocycles. The number of anilines is 1. The maximum absolute atomic E-state index is 5.82. The first-order valence-electron chi connectivity index (χ1n) is 6.61. The molecule has 5 nitrogen and oxygen atoms in total. The second-order valence-corrected chi connectivity index (χ2v) is 4.87. The quantitative estimate of drug-likeness (QED) is 0.875. The van der Waals surface area contributed by atoms with Crippen LogP contribution in [-0.2, 0) is 11.3 Å². The number of nitrogens with zero attached hydrogens (tertiary/aromatic N) is 3. The second kappa shape index (κ2) is 6.11. The van der Waals surface area contributed by atoms with Crippen molar-refractivity contribution in [1.29, 1.82) is 0 Å². The summed E-state index contributed by atoms with van der Waals surface area (Å²) in [7, 11) is 0. The molecular weight excluding hydrogens is 228 g/mol. The van der Waals surface area contributed by atoms with Crippen LogP contribution in [0.15, 0.2) is 6.20 Å². The van der Waals surface area contributed by atoms with Gasteiger partial charge < -0.3 is 15.4 Å². The summed E-state index contributed by atoms with van der Waals surface area (Å²) in [5, 5.41) is 0. The highest BCUT2D eigenvalue weighted by molar-refractivity contribution is 5.49. The van der Waals surface area contributed by atoms with E-state index in [0.717, 1.165) is 49.9 Å². The van der Waals surface area contributed by atoms with Crippen molar-refractivity contribution in [2.75, 3.05) is 31.2 Å². The highest BCUT2D eigenvalue weighted by atomic mass is 16.5. The Morgan fingerprint density at radius 2 is 2.22 bits per heavy atom. The standard InChI is InChI=1S/C13H22N4O/c1-10(2)13-15-9-12(11(8-14)16-13)17-4-3-6-18-7-5-17/h9-10H,3-8,14H2,1-2H3. The lowest BCUT2D eigenvalue weighted by molar-refractivity contribution is 0.152. The summed E-state index contributed by atoms with van der Waals surface area (Å²) >= 11 is 0. The summed E-state index contributed by atoms with van der Waals surface area (Å²) in [5.41, 5.74) is 7.82. The Kier molecular flexibility index (Phi) is 4.49. The smallest absolute Gasteiger partial charge is 0.131 e. The molecule has 2 rings (SSSR count). The topological polar surface area (TPSA) is 64.3 Å². The molecule has 1 aliphatic heterocycles. The Hall–Kier alpha value is -1.20. The van der Waals surface area contributed by atoms with Crippen molar-refractivity contribution in [3.8, 4) is 0 Å². The predicted octanol–water partition coefficient (Wildman–Crippen LogP) is 1.29. The Balaban J connectivity index is 2.25. The largest absolute Gasteiger partial charge is 0.380 e. The van der Waals surface area contributed by atoms with Gasteiger partial charge in [-0.1, -0.05) is 13.8 Å². The van der Waals surface area contributed by atoms with Gasteiger partial charge in [0.1, 0.15) is 5.82 Å². The zero-order chi connectivity index (χ0) is 13.0. The molecule has 1 aromatic heterocycles. The Labute approximate surface area is 108 Å². The lowest BCUT2D eigenvalue weighted by Crippen LogP contribution is -2.28. The van der Waals surface area contributed by atoms with E-state index < -0.39 is 0 Å². The summed E-state index contributed by atoms with van der Waals surface area (Å²) in [6.45, 7) is 8.10. The monoisotopic (exact) mass is 250 g/mol. The van der Waals surface area contributed by atoms with Crippen LogP contribution in [0.1, 0.15) is 37.7 Å². The van der Waals surface area contributed by atoms with Gasteiger partial charge in [-0.05, 0) is 6.42 Å². The maximum atomic E-state index is 5.82. The van der Waals surface area contributed by atoms with Crippen LogP contribution >= 0.6 is 0 Å². The number of hydrogen-bond donors (Lipinski definition) is 1. The molecular formula is C13H22N4O. The third kappa shape index (κ3) is 2.97. The van der Waals surface area contributed by atoms with E-state index in [4.69, 9.17) is 10.5 Å². The van der Waals surface area contributed by atoms with Crippen molar-refractivity contribution < 1.29 is 4.74 Å². The maximum Gasteiger partial charge on any atom is 0.131 e. The van der Waals surface area contributed by atoms with Crippen molar-refractivity contribution >= 4 is 5.69 Å². The van der Waals surface area contributed by atoms with Crippen LogP contribution in [0.2, 0.25) is 0 Å². The molecule has 2 heterocycles. The zero-order valence-electron chi connectivity index (χ0n) is 11.2. The Morgan fingerprint density at radius 1 is 1.39 bits per heavy atom. The number of ether oxygens (including phenoxy) is 1. The van der Waals surface area contributed by atoms with Gasteiger partial charge in [-0.3, -0.25) is 0 Å². The number of nitrogens with two attached hydrogens (primary N) is 1. The molecule has 2 N–H and O–H groups in total. The van der Waals surface area contributed by atoms with Crippen molar-refractivity contribution in [1.82, 2.24) is 9.97 Å². The molecule has 1 aliphatic rings. The van der Waals surface area contributed by atoms with E-state index in [2.05, 4.69) is 28.7 Å². The lowest BCUT2D eigenvalue weighted by Gasteiger charge is -2.24. The number of rotatable bonds is 3. The molecule has 1 aromatic rings. The van der Waals surface area contributed by atoms with Crippen molar-refractivity contribution in [3.05, 3.63) is 17.7 Å². The number of aromatic nitrogens is 2. The van der Waals surface area contributed by atoms with Crippen LogP contribution in [-0.4, -0.2) is 36.3 Å². The van der Waals surface area contributed by atoms with Crippen LogP contribution in [0, 0.1) is 0 Å². The highest BCUT2D eigenvalue weighted by Gasteiger charge is 2.16. The number of hydrogen-bond acceptors (Lipinski definition) is 5. The normalized spacial score (nSPS) is 17.0. The van der Waals surface area contributed by atoms with Gasteiger partial charge in [0.05, 0.1) is 24.2 Å². The molecule has 5 heteroatoms. The van der Waals surface area contributed by atoms with Gasteiger partial charge in [-0.25, -0.2) is 9.97 Å². The second-order valence-electron chi connectivity index (χ2n) is 4.87. The molecule has 0 aliphatic carbocycles. The summed E-state index contributed by atoms with van der Waals surface area (Å²) in [6.07, 6.45) is 2.95. The molecule has 1 saturated heterocycles. The molecule has 0 bridgehead atoms. The van der Waals surface area contributed by atoms with Crippen molar-refractivity contribution in [2.24, 2.45) is 5.73 Å². The van der Waals surface area contributed by atoms with E-state index in [1.807, 2.05) is 6.20 Å². The average molecular weight is 250 g/mol. The molecule has 0 amide bonds. The van der Waals surface area contributed by atoms with Gasteiger partial charge in [0, 0.05) is 32.2 Å². The summed E-state index contributed by atoms with van der Waals surface area (Å²) in [5.74, 6) is 1.20. The minimum absolute atomic E-state index is 0.330. The van der Waals surface area contributed by atoms with Gasteiger partial charge in [-0.2, -0.15) is 0 Å². The van der Waals surface area contributed by atoms with E-state index in [0.29, 0.717) is 12.5 Å². The third-order valence-corrected chi connectivity index (χ3v) is 3.14. The van der Waals surface area contributed by atoms with Crippen molar-refractivity contribution in [3.63, 3.8) is 0 Å². The lowest BCUT2D eigenvalue weighted by atomic mass is 10.2.